The number of carboxylic acids is 1. The summed E-state index contributed by atoms with van der Waals surface area (Å²) in [5, 5.41) is 9.38. The number of aliphatic carboxylic acids is 1. The highest BCUT2D eigenvalue weighted by molar-refractivity contribution is 5.79. The summed E-state index contributed by atoms with van der Waals surface area (Å²) >= 11 is 0. The van der Waals surface area contributed by atoms with E-state index in [0.29, 0.717) is 43.4 Å². The van der Waals surface area contributed by atoms with E-state index in [4.69, 9.17) is 90.9 Å². The summed E-state index contributed by atoms with van der Waals surface area (Å²) < 4.78 is 78.2. The third-order valence-corrected chi connectivity index (χ3v) is 24.5. The Labute approximate surface area is 566 Å². The monoisotopic (exact) mass is 1380 g/mol. The summed E-state index contributed by atoms with van der Waals surface area (Å²) in [5.41, 5.74) is -5.19. The number of carbonyl (C=O) groups is 8. The van der Waals surface area contributed by atoms with E-state index < -0.39 is 208 Å². The molecule has 0 aromatic carbocycles. The van der Waals surface area contributed by atoms with Gasteiger partial charge >= 0.3 is 47.8 Å². The lowest BCUT2D eigenvalue weighted by molar-refractivity contribution is -0.576. The van der Waals surface area contributed by atoms with Crippen molar-refractivity contribution in [3.05, 3.63) is 0 Å². The SMILES string of the molecule is CO[C@@]1(C)CC[C@H]2[C@H](C)CC[C@H]3[C@@H](C)[C@H](OC(=O)CCC(=O)OCC(COC(=O)CCC(=O)O)(COC(=O)CCC(=O)O[C@@H]4O[C@@H]5O[C@@]6(C)CC[C@H]7[C@H](C)CC[C@@H]([C@H]4C)[C@@]57OO6)COC(=O)CCC(=O)O[C@@H]4OC[C@@H]5O[C@@]6(C)CC[C@H]7[C@H](C)CC[C@@](C)([C@H]4C)[C@@]57OO6)OC[C@]32OO1. The van der Waals surface area contributed by atoms with E-state index in [1.807, 2.05) is 34.6 Å². The molecule has 3 aliphatic carbocycles. The number of methoxy groups -OCH3 is 1. The average molecular weight is 1380 g/mol. The average Bonchev–Trinajstić information content (AvgIpc) is 1.61. The van der Waals surface area contributed by atoms with Crippen molar-refractivity contribution in [3.8, 4) is 0 Å². The Kier molecular flexibility index (Phi) is 21.9. The zero-order valence-electron chi connectivity index (χ0n) is 58.1. The van der Waals surface area contributed by atoms with Crippen LogP contribution in [0.15, 0.2) is 0 Å². The minimum Gasteiger partial charge on any atom is -0.481 e. The number of ether oxygens (including phenoxy) is 13. The van der Waals surface area contributed by atoms with E-state index in [-0.39, 0.29) is 54.6 Å². The van der Waals surface area contributed by atoms with Crippen molar-refractivity contribution in [1.29, 1.82) is 0 Å². The highest BCUT2D eigenvalue weighted by atomic mass is 17.3. The molecule has 28 nitrogen and oxygen atoms in total. The number of esters is 7. The van der Waals surface area contributed by atoms with E-state index in [0.717, 1.165) is 51.4 Å². The first-order valence-corrected chi connectivity index (χ1v) is 35.3. The molecule has 10 heterocycles. The van der Waals surface area contributed by atoms with Crippen molar-refractivity contribution in [3.63, 3.8) is 0 Å². The van der Waals surface area contributed by atoms with Gasteiger partial charge in [0.1, 0.15) is 49.1 Å². The topological polar surface area (TPSA) is 332 Å². The molecule has 4 bridgehead atoms. The van der Waals surface area contributed by atoms with Gasteiger partial charge in [-0.15, -0.1) is 0 Å². The Bertz CT molecular complexity index is 2910. The van der Waals surface area contributed by atoms with Gasteiger partial charge in [0, 0.05) is 61.4 Å². The molecule has 3 spiro atoms. The molecular weight excluding hydrogens is 1280 g/mol. The van der Waals surface area contributed by atoms with Crippen molar-refractivity contribution in [2.24, 2.45) is 75.9 Å². The van der Waals surface area contributed by atoms with Crippen LogP contribution in [0.25, 0.3) is 0 Å². The zero-order chi connectivity index (χ0) is 69.7. The van der Waals surface area contributed by atoms with Crippen LogP contribution in [-0.2, 0) is 129 Å². The maximum Gasteiger partial charge on any atom is 0.308 e. The van der Waals surface area contributed by atoms with Crippen molar-refractivity contribution in [2.45, 2.75) is 263 Å². The Morgan fingerprint density at radius 3 is 1.56 bits per heavy atom. The molecule has 10 aliphatic heterocycles. The second kappa shape index (κ2) is 29.0. The first kappa shape index (κ1) is 73.5. The van der Waals surface area contributed by atoms with Gasteiger partial charge in [0.15, 0.2) is 23.5 Å². The van der Waals surface area contributed by atoms with Crippen molar-refractivity contribution in [2.75, 3.05) is 46.8 Å². The van der Waals surface area contributed by atoms with Gasteiger partial charge in [0.2, 0.25) is 24.7 Å². The maximum absolute atomic E-state index is 13.8. The normalized spacial score (nSPS) is 43.0. The number of hydrogen-bond acceptors (Lipinski definition) is 27. The van der Waals surface area contributed by atoms with E-state index >= 15 is 0 Å². The van der Waals surface area contributed by atoms with Crippen LogP contribution in [-0.4, -0.2) is 165 Å². The largest absolute Gasteiger partial charge is 0.481 e. The summed E-state index contributed by atoms with van der Waals surface area (Å²) in [5.74, 6) is -10.9. The van der Waals surface area contributed by atoms with Gasteiger partial charge in [-0.05, 0) is 114 Å². The van der Waals surface area contributed by atoms with Crippen LogP contribution in [0.2, 0.25) is 0 Å². The standard InChI is InChI=1S/C69H102O28/c1-38-12-14-47-41(4)58(85-37-67(47)44(38)25-29-63(8,79-11)92-95-67)86-55(76)21-18-52(73)82-34-66(33-81-51(72)17-16-50(70)71,35-83-53(74)19-22-56(77)87-59-42(5)48-15-13-39(2)45-26-30-65(10)91-61(89-59)68(45,48)96-93-65)36-84-54(75)20-23-57(78)88-60-43(6)62(7)28-24-40(3)46-27-31-64(9)90-49(32-80-60)69(46,62)97-94-64/h38-49,58-61H,12-37H2,1-11H3,(H,70,71)/t38-,39-,40-,41-,42-,43+,44+,45+,46+,47+,48+,49+,58+,59-,60+,61-,62+,63-,64-,65-,66?,67-,68-,69+/m1/s1. The summed E-state index contributed by atoms with van der Waals surface area (Å²) in [6, 6.07) is 0. The number of carboxylic acid groups (broad SMARTS) is 1. The smallest absolute Gasteiger partial charge is 0.308 e. The molecule has 0 aromatic heterocycles. The highest BCUT2D eigenvalue weighted by Crippen LogP contribution is 2.66. The van der Waals surface area contributed by atoms with Crippen LogP contribution < -0.4 is 0 Å². The molecule has 0 radical (unpaired) electrons. The van der Waals surface area contributed by atoms with Gasteiger partial charge in [-0.3, -0.25) is 38.4 Å². The second-order valence-corrected chi connectivity index (χ2v) is 30.9. The fraction of sp³-hybridized carbons (Fsp3) is 0.884. The molecular formula is C69H102O28. The van der Waals surface area contributed by atoms with E-state index in [2.05, 4.69) is 27.7 Å². The number of rotatable bonds is 24. The molecule has 10 saturated heterocycles. The molecule has 0 aromatic rings. The molecule has 1 N–H and O–H groups in total. The molecule has 97 heavy (non-hydrogen) atoms. The predicted molar refractivity (Wildman–Crippen MR) is 326 cm³/mol. The van der Waals surface area contributed by atoms with Crippen molar-refractivity contribution < 1.29 is 134 Å². The van der Waals surface area contributed by atoms with Gasteiger partial charge in [-0.2, -0.15) is 0 Å². The van der Waals surface area contributed by atoms with Crippen molar-refractivity contribution in [1.82, 2.24) is 0 Å². The summed E-state index contributed by atoms with van der Waals surface area (Å²) in [6.45, 7) is 16.9. The van der Waals surface area contributed by atoms with Gasteiger partial charge in [0.25, 0.3) is 0 Å². The van der Waals surface area contributed by atoms with Crippen molar-refractivity contribution >= 4 is 47.8 Å². The van der Waals surface area contributed by atoms with Crippen LogP contribution in [0.3, 0.4) is 0 Å². The Hall–Kier alpha value is -4.72. The lowest BCUT2D eigenvalue weighted by atomic mass is 9.50. The molecule has 13 fully saturated rings. The lowest BCUT2D eigenvalue weighted by Crippen LogP contribution is -2.70. The third kappa shape index (κ3) is 14.6. The van der Waals surface area contributed by atoms with E-state index in [1.54, 1.807) is 14.0 Å². The first-order chi connectivity index (χ1) is 45.9. The van der Waals surface area contributed by atoms with Gasteiger partial charge in [0.05, 0.1) is 64.6 Å². The highest BCUT2D eigenvalue weighted by Gasteiger charge is 2.73. The lowest BCUT2D eigenvalue weighted by Gasteiger charge is -2.61. The fourth-order valence-electron chi connectivity index (χ4n) is 18.2. The molecule has 0 amide bonds. The quantitative estimate of drug-likeness (QED) is 0.0539. The fourth-order valence-corrected chi connectivity index (χ4v) is 18.2. The van der Waals surface area contributed by atoms with Crippen LogP contribution in [0.5, 0.6) is 0 Å². The minimum absolute atomic E-state index is 0.0460. The van der Waals surface area contributed by atoms with Gasteiger partial charge in [-0.1, -0.05) is 48.5 Å². The summed E-state index contributed by atoms with van der Waals surface area (Å²) in [4.78, 5) is 144. The predicted octanol–water partition coefficient (Wildman–Crippen LogP) is 8.33. The molecule has 13 aliphatic rings. The number of hydrogen-bond donors (Lipinski definition) is 1. The minimum atomic E-state index is -1.92. The molecule has 1 unspecified atom stereocenters. The number of carbonyl (C=O) groups excluding carboxylic acids is 7. The van der Waals surface area contributed by atoms with Crippen LogP contribution in [0.4, 0.5) is 0 Å². The Morgan fingerprint density at radius 2 is 0.959 bits per heavy atom. The van der Waals surface area contributed by atoms with Crippen LogP contribution >= 0.6 is 0 Å². The summed E-state index contributed by atoms with van der Waals surface area (Å²) in [6.07, 6.45) is 0.252. The third-order valence-electron chi connectivity index (χ3n) is 24.5. The zero-order valence-corrected chi connectivity index (χ0v) is 58.1. The molecule has 13 rings (SSSR count). The molecule has 546 valence electrons. The van der Waals surface area contributed by atoms with Crippen LogP contribution in [0.1, 0.15) is 198 Å². The van der Waals surface area contributed by atoms with Gasteiger partial charge < -0.3 is 66.7 Å². The van der Waals surface area contributed by atoms with E-state index in [1.165, 1.54) is 0 Å². The second-order valence-electron chi connectivity index (χ2n) is 30.9. The molecule has 28 heteroatoms. The first-order valence-electron chi connectivity index (χ1n) is 35.3. The summed E-state index contributed by atoms with van der Waals surface area (Å²) in [7, 11) is 1.57. The Balaban J connectivity index is 0.742. The van der Waals surface area contributed by atoms with Crippen LogP contribution in [0, 0.1) is 75.9 Å². The molecule has 24 atom stereocenters. The molecule has 3 saturated carbocycles. The Morgan fingerprint density at radius 1 is 0.464 bits per heavy atom. The maximum atomic E-state index is 13.8. The number of fused-ring (bicyclic) bond motifs is 4. The van der Waals surface area contributed by atoms with Gasteiger partial charge in [-0.25, -0.2) is 29.3 Å². The van der Waals surface area contributed by atoms with E-state index in [9.17, 15) is 43.5 Å².